The van der Waals surface area contributed by atoms with Crippen LogP contribution in [0.25, 0.3) is 16.0 Å². The molecule has 0 amide bonds. The first-order valence-corrected chi connectivity index (χ1v) is 14.5. The minimum absolute atomic E-state index is 0.0464. The Morgan fingerprint density at radius 2 is 1.90 bits per heavy atom. The SMILES string of the molecule is Cc1cccnc1N1CCN(c2cc(S(=O)(=O)NC3(C#N)CC3)cc3c2cnn3-c2nnc(C(F)F)s2)CC1. The molecule has 3 aromatic heterocycles. The van der Waals surface area contributed by atoms with Gasteiger partial charge in [0.25, 0.3) is 6.43 Å². The zero-order valence-corrected chi connectivity index (χ0v) is 22.4. The Bertz CT molecular complexity index is 1700. The predicted molar refractivity (Wildman–Crippen MR) is 141 cm³/mol. The fourth-order valence-electron chi connectivity index (χ4n) is 4.70. The number of rotatable bonds is 7. The summed E-state index contributed by atoms with van der Waals surface area (Å²) < 4.78 is 57.1. The molecule has 0 spiro atoms. The summed E-state index contributed by atoms with van der Waals surface area (Å²) in [4.78, 5) is 8.72. The number of aromatic nitrogens is 5. The Labute approximate surface area is 226 Å². The van der Waals surface area contributed by atoms with Crippen molar-refractivity contribution >= 4 is 43.8 Å². The van der Waals surface area contributed by atoms with Crippen molar-refractivity contribution in [2.24, 2.45) is 0 Å². The van der Waals surface area contributed by atoms with Gasteiger partial charge in [0.1, 0.15) is 11.4 Å². The summed E-state index contributed by atoms with van der Waals surface area (Å²) in [5.41, 5.74) is 0.984. The molecule has 0 unspecified atom stereocenters. The van der Waals surface area contributed by atoms with Crippen LogP contribution in [0.1, 0.15) is 29.8 Å². The zero-order valence-electron chi connectivity index (χ0n) is 20.8. The summed E-state index contributed by atoms with van der Waals surface area (Å²) >= 11 is 0.684. The van der Waals surface area contributed by atoms with Crippen LogP contribution < -0.4 is 14.5 Å². The van der Waals surface area contributed by atoms with Gasteiger partial charge in [-0.15, -0.1) is 10.2 Å². The summed E-state index contributed by atoms with van der Waals surface area (Å²) in [7, 11) is -4.08. The largest absolute Gasteiger partial charge is 0.367 e. The molecular weight excluding hydrogens is 548 g/mol. The molecule has 39 heavy (non-hydrogen) atoms. The van der Waals surface area contributed by atoms with Gasteiger partial charge in [-0.3, -0.25) is 0 Å². The van der Waals surface area contributed by atoms with E-state index in [1.807, 2.05) is 25.1 Å². The molecule has 1 aromatic carbocycles. The van der Waals surface area contributed by atoms with Gasteiger partial charge >= 0.3 is 0 Å². The number of sulfonamides is 1. The van der Waals surface area contributed by atoms with Crippen LogP contribution in [0.15, 0.2) is 41.6 Å². The van der Waals surface area contributed by atoms with E-state index in [4.69, 9.17) is 0 Å². The van der Waals surface area contributed by atoms with E-state index in [1.54, 1.807) is 18.5 Å². The van der Waals surface area contributed by atoms with Gasteiger partial charge in [-0.2, -0.15) is 15.1 Å². The van der Waals surface area contributed by atoms with E-state index in [9.17, 15) is 22.5 Å². The third-order valence-electron chi connectivity index (χ3n) is 6.94. The molecule has 4 aromatic rings. The lowest BCUT2D eigenvalue weighted by Gasteiger charge is -2.37. The second-order valence-corrected chi connectivity index (χ2v) is 12.2. The molecule has 1 N–H and O–H groups in total. The van der Waals surface area contributed by atoms with Crippen LogP contribution in [-0.2, 0) is 10.0 Å². The van der Waals surface area contributed by atoms with E-state index in [2.05, 4.69) is 34.8 Å². The van der Waals surface area contributed by atoms with E-state index >= 15 is 0 Å². The molecule has 0 bridgehead atoms. The number of alkyl halides is 2. The Morgan fingerprint density at radius 3 is 2.54 bits per heavy atom. The lowest BCUT2D eigenvalue weighted by Crippen LogP contribution is -2.47. The first kappa shape index (κ1) is 25.5. The number of benzene rings is 1. The highest BCUT2D eigenvalue weighted by Crippen LogP contribution is 2.38. The van der Waals surface area contributed by atoms with Crippen LogP contribution in [-0.4, -0.2) is 65.1 Å². The van der Waals surface area contributed by atoms with Crippen molar-refractivity contribution in [3.8, 4) is 11.2 Å². The molecule has 0 radical (unpaired) electrons. The number of nitriles is 1. The average Bonchev–Trinajstić information content (AvgIpc) is 3.31. The number of hydrogen-bond donors (Lipinski definition) is 1. The maximum atomic E-state index is 13.4. The normalized spacial score (nSPS) is 17.1. The van der Waals surface area contributed by atoms with Crippen LogP contribution in [0.3, 0.4) is 0 Å². The van der Waals surface area contributed by atoms with Crippen molar-refractivity contribution < 1.29 is 17.2 Å². The van der Waals surface area contributed by atoms with Crippen molar-refractivity contribution in [2.45, 2.75) is 36.6 Å². The third-order valence-corrected chi connectivity index (χ3v) is 9.37. The van der Waals surface area contributed by atoms with Gasteiger partial charge in [-0.1, -0.05) is 17.4 Å². The molecule has 15 heteroatoms. The van der Waals surface area contributed by atoms with Crippen molar-refractivity contribution in [1.29, 1.82) is 5.26 Å². The highest BCUT2D eigenvalue weighted by Gasteiger charge is 2.47. The van der Waals surface area contributed by atoms with Crippen LogP contribution in [0.2, 0.25) is 0 Å². The molecule has 4 heterocycles. The molecule has 2 fully saturated rings. The van der Waals surface area contributed by atoms with Crippen LogP contribution in [0.5, 0.6) is 0 Å². The average molecular weight is 572 g/mol. The maximum Gasteiger partial charge on any atom is 0.291 e. The van der Waals surface area contributed by atoms with Crippen LogP contribution in [0.4, 0.5) is 20.3 Å². The molecule has 1 aliphatic carbocycles. The number of nitrogens with zero attached hydrogens (tertiary/aromatic N) is 8. The number of halogens is 2. The van der Waals surface area contributed by atoms with Gasteiger partial charge in [-0.25, -0.2) is 26.9 Å². The topological polar surface area (TPSA) is 133 Å². The molecule has 1 saturated heterocycles. The fraction of sp³-hybridized carbons (Fsp3) is 0.375. The van der Waals surface area contributed by atoms with Gasteiger partial charge in [0.05, 0.1) is 22.7 Å². The number of anilines is 2. The van der Waals surface area contributed by atoms with E-state index in [0.29, 0.717) is 66.9 Å². The van der Waals surface area contributed by atoms with Crippen molar-refractivity contribution in [3.05, 3.63) is 47.2 Å². The highest BCUT2D eigenvalue weighted by molar-refractivity contribution is 7.89. The molecule has 1 saturated carbocycles. The standard InChI is InChI=1S/C24H23F2N9O2S2/c1-15-3-2-6-28-21(15)34-9-7-33(8-10-34)18-11-16(39(36,37)32-24(14-27)4-5-24)12-19-17(18)13-29-35(19)23-31-30-22(38-23)20(25)26/h2-3,6,11-13,20,32H,4-5,7-10H2,1H3. The van der Waals surface area contributed by atoms with Crippen molar-refractivity contribution in [2.75, 3.05) is 36.0 Å². The molecule has 202 valence electrons. The van der Waals surface area contributed by atoms with Crippen LogP contribution in [0, 0.1) is 18.3 Å². The molecule has 11 nitrogen and oxygen atoms in total. The Balaban J connectivity index is 1.40. The minimum atomic E-state index is -4.08. The van der Waals surface area contributed by atoms with E-state index < -0.39 is 27.0 Å². The highest BCUT2D eigenvalue weighted by atomic mass is 32.2. The zero-order chi connectivity index (χ0) is 27.4. The molecular formula is C24H23F2N9O2S2. The Morgan fingerprint density at radius 1 is 1.15 bits per heavy atom. The molecule has 2 aliphatic rings. The number of aryl methyl sites for hydroxylation is 1. The van der Waals surface area contributed by atoms with Gasteiger partial charge in [-0.05, 0) is 43.5 Å². The maximum absolute atomic E-state index is 13.4. The van der Waals surface area contributed by atoms with E-state index in [-0.39, 0.29) is 10.0 Å². The van der Waals surface area contributed by atoms with Crippen LogP contribution >= 0.6 is 11.3 Å². The van der Waals surface area contributed by atoms with E-state index in [0.717, 1.165) is 11.4 Å². The Kier molecular flexibility index (Phi) is 6.20. The summed E-state index contributed by atoms with van der Waals surface area (Å²) in [6.45, 7) is 4.50. The lowest BCUT2D eigenvalue weighted by atomic mass is 10.1. The molecule has 0 atom stereocenters. The van der Waals surface area contributed by atoms with Crippen molar-refractivity contribution in [1.82, 2.24) is 29.7 Å². The summed E-state index contributed by atoms with van der Waals surface area (Å²) in [5, 5.41) is 21.5. The van der Waals surface area contributed by atoms with Gasteiger partial charge in [0.2, 0.25) is 15.2 Å². The number of hydrogen-bond acceptors (Lipinski definition) is 10. The second kappa shape index (κ2) is 9.47. The predicted octanol–water partition coefficient (Wildman–Crippen LogP) is 3.18. The van der Waals surface area contributed by atoms with Crippen molar-refractivity contribution in [3.63, 3.8) is 0 Å². The van der Waals surface area contributed by atoms with E-state index in [1.165, 1.54) is 10.7 Å². The summed E-state index contributed by atoms with van der Waals surface area (Å²) in [6.07, 6.45) is 1.42. The number of fused-ring (bicyclic) bond motifs is 1. The van der Waals surface area contributed by atoms with Gasteiger partial charge in [0, 0.05) is 43.4 Å². The smallest absolute Gasteiger partial charge is 0.291 e. The summed E-state index contributed by atoms with van der Waals surface area (Å²) in [6, 6.07) is 8.96. The minimum Gasteiger partial charge on any atom is -0.367 e. The first-order chi connectivity index (χ1) is 18.7. The monoisotopic (exact) mass is 571 g/mol. The lowest BCUT2D eigenvalue weighted by molar-refractivity contribution is 0.150. The number of piperazine rings is 1. The summed E-state index contributed by atoms with van der Waals surface area (Å²) in [5.74, 6) is 0.910. The quantitative estimate of drug-likeness (QED) is 0.355. The molecule has 1 aliphatic heterocycles. The van der Waals surface area contributed by atoms with Gasteiger partial charge < -0.3 is 9.80 Å². The number of nitrogens with one attached hydrogen (secondary N) is 1. The third kappa shape index (κ3) is 4.68. The first-order valence-electron chi connectivity index (χ1n) is 12.2. The fourth-order valence-corrected chi connectivity index (χ4v) is 6.78. The Hall–Kier alpha value is -3.74. The number of pyridine rings is 1. The van der Waals surface area contributed by atoms with Gasteiger partial charge in [0.15, 0.2) is 5.01 Å². The second-order valence-electron chi connectivity index (χ2n) is 9.57. The molecule has 6 rings (SSSR count).